The zero-order valence-electron chi connectivity index (χ0n) is 14.2. The summed E-state index contributed by atoms with van der Waals surface area (Å²) < 4.78 is 53.8. The van der Waals surface area contributed by atoms with Crippen LogP contribution in [0.15, 0.2) is 43.0 Å². The number of hydrogen-bond acceptors (Lipinski definition) is 4. The molecule has 0 saturated heterocycles. The number of aliphatic hydroxyl groups is 1. The van der Waals surface area contributed by atoms with Crippen molar-refractivity contribution in [3.8, 4) is 0 Å². The number of hydrogen-bond donors (Lipinski definition) is 2. The third-order valence-electron chi connectivity index (χ3n) is 3.87. The van der Waals surface area contributed by atoms with E-state index < -0.39 is 36.1 Å². The second kappa shape index (κ2) is 8.17. The first-order valence-corrected chi connectivity index (χ1v) is 8.02. The summed E-state index contributed by atoms with van der Waals surface area (Å²) in [5, 5.41) is 11.5. The molecule has 0 aliphatic heterocycles. The molecule has 3 rings (SSSR count). The first kappa shape index (κ1) is 19.5. The van der Waals surface area contributed by atoms with Crippen molar-refractivity contribution in [2.75, 3.05) is 5.32 Å². The van der Waals surface area contributed by atoms with Crippen LogP contribution in [0.3, 0.4) is 0 Å². The molecule has 0 unspecified atom stereocenters. The fourth-order valence-electron chi connectivity index (χ4n) is 2.50. The summed E-state index contributed by atoms with van der Waals surface area (Å²) in [5.41, 5.74) is -0.372. The number of aliphatic hydroxyl groups excluding tert-OH is 1. The number of pyridine rings is 1. The van der Waals surface area contributed by atoms with E-state index in [1.807, 2.05) is 0 Å². The van der Waals surface area contributed by atoms with Gasteiger partial charge in [-0.15, -0.1) is 0 Å². The van der Waals surface area contributed by atoms with E-state index in [1.165, 1.54) is 23.2 Å². The van der Waals surface area contributed by atoms with Crippen molar-refractivity contribution in [3.63, 3.8) is 0 Å². The second-order valence-electron chi connectivity index (χ2n) is 5.85. The molecular formula is C18H14F4N4O2. The molecule has 0 spiro atoms. The highest BCUT2D eigenvalue weighted by atomic mass is 19.3. The van der Waals surface area contributed by atoms with Crippen molar-refractivity contribution in [2.24, 2.45) is 0 Å². The number of imidazole rings is 1. The first-order chi connectivity index (χ1) is 13.4. The number of nitrogens with one attached hydrogen (secondary N) is 1. The predicted molar refractivity (Wildman–Crippen MR) is 90.8 cm³/mol. The lowest BCUT2D eigenvalue weighted by atomic mass is 10.1. The first-order valence-electron chi connectivity index (χ1n) is 8.02. The van der Waals surface area contributed by atoms with Gasteiger partial charge in [-0.3, -0.25) is 9.78 Å². The zero-order chi connectivity index (χ0) is 20.3. The standard InChI is InChI=1S/C18H14F4N4O2/c19-13-2-1-10(3-14(13)20)6-26-7-16(24-9-26)25-18(28)11-4-12(17(21)22)15(8-27)23-5-11/h1-5,7,9,17,27H,6,8H2,(H,25,28). The van der Waals surface area contributed by atoms with E-state index in [-0.39, 0.29) is 23.6 Å². The molecule has 10 heteroatoms. The third-order valence-corrected chi connectivity index (χ3v) is 3.87. The molecule has 0 bridgehead atoms. The number of anilines is 1. The molecule has 3 aromatic rings. The molecule has 0 fully saturated rings. The predicted octanol–water partition coefficient (Wildman–Crippen LogP) is 3.29. The number of rotatable bonds is 6. The van der Waals surface area contributed by atoms with Crippen LogP contribution in [0.25, 0.3) is 0 Å². The summed E-state index contributed by atoms with van der Waals surface area (Å²) in [7, 11) is 0. The minimum atomic E-state index is -2.89. The van der Waals surface area contributed by atoms with Gasteiger partial charge in [-0.1, -0.05) is 6.07 Å². The molecule has 0 radical (unpaired) electrons. The normalized spacial score (nSPS) is 11.1. The van der Waals surface area contributed by atoms with E-state index in [0.717, 1.165) is 24.4 Å². The SMILES string of the molecule is O=C(Nc1cn(Cc2ccc(F)c(F)c2)cn1)c1cnc(CO)c(C(F)F)c1. The summed E-state index contributed by atoms with van der Waals surface area (Å²) in [5.74, 6) is -2.50. The molecule has 1 aromatic carbocycles. The fraction of sp³-hybridized carbons (Fsp3) is 0.167. The Balaban J connectivity index is 1.71. The summed E-state index contributed by atoms with van der Waals surface area (Å²) in [4.78, 5) is 19.9. The van der Waals surface area contributed by atoms with Gasteiger partial charge in [0.15, 0.2) is 17.5 Å². The quantitative estimate of drug-likeness (QED) is 0.629. The minimum Gasteiger partial charge on any atom is -0.390 e. The molecule has 0 aliphatic rings. The van der Waals surface area contributed by atoms with E-state index in [4.69, 9.17) is 5.11 Å². The molecule has 2 aromatic heterocycles. The van der Waals surface area contributed by atoms with E-state index in [1.54, 1.807) is 0 Å². The smallest absolute Gasteiger partial charge is 0.265 e. The summed E-state index contributed by atoms with van der Waals surface area (Å²) >= 11 is 0. The number of benzene rings is 1. The zero-order valence-corrected chi connectivity index (χ0v) is 14.2. The van der Waals surface area contributed by atoms with E-state index in [9.17, 15) is 22.4 Å². The molecule has 6 nitrogen and oxygen atoms in total. The number of alkyl halides is 2. The molecule has 0 saturated carbocycles. The topological polar surface area (TPSA) is 80.0 Å². The van der Waals surface area contributed by atoms with Crippen molar-refractivity contribution in [1.82, 2.24) is 14.5 Å². The van der Waals surface area contributed by atoms with Crippen molar-refractivity contribution in [2.45, 2.75) is 19.6 Å². The van der Waals surface area contributed by atoms with E-state index in [0.29, 0.717) is 5.56 Å². The Morgan fingerprint density at radius 1 is 1.18 bits per heavy atom. The van der Waals surface area contributed by atoms with Crippen LogP contribution in [-0.2, 0) is 13.2 Å². The van der Waals surface area contributed by atoms with Crippen molar-refractivity contribution in [3.05, 3.63) is 77.0 Å². The number of halogens is 4. The van der Waals surface area contributed by atoms with Crippen LogP contribution in [0.1, 0.15) is 33.6 Å². The van der Waals surface area contributed by atoms with Crippen molar-refractivity contribution in [1.29, 1.82) is 0 Å². The van der Waals surface area contributed by atoms with Gasteiger partial charge in [0.05, 0.1) is 24.2 Å². The van der Waals surface area contributed by atoms with Gasteiger partial charge in [-0.25, -0.2) is 22.5 Å². The maximum atomic E-state index is 13.3. The molecule has 28 heavy (non-hydrogen) atoms. The number of amides is 1. The van der Waals surface area contributed by atoms with Crippen LogP contribution in [0.4, 0.5) is 23.4 Å². The lowest BCUT2D eigenvalue weighted by Crippen LogP contribution is -2.14. The van der Waals surface area contributed by atoms with Gasteiger partial charge >= 0.3 is 0 Å². The molecule has 146 valence electrons. The van der Waals surface area contributed by atoms with Gasteiger partial charge in [0.2, 0.25) is 0 Å². The monoisotopic (exact) mass is 394 g/mol. The van der Waals surface area contributed by atoms with E-state index in [2.05, 4.69) is 15.3 Å². The molecular weight excluding hydrogens is 380 g/mol. The molecule has 0 aliphatic carbocycles. The average Bonchev–Trinajstić information content (AvgIpc) is 3.10. The lowest BCUT2D eigenvalue weighted by molar-refractivity contribution is 0.102. The van der Waals surface area contributed by atoms with Crippen LogP contribution in [0.5, 0.6) is 0 Å². The Hall–Kier alpha value is -3.27. The van der Waals surface area contributed by atoms with Gasteiger partial charge in [-0.2, -0.15) is 0 Å². The number of nitrogens with zero attached hydrogens (tertiary/aromatic N) is 3. The maximum Gasteiger partial charge on any atom is 0.265 e. The number of carbonyl (C=O) groups is 1. The summed E-state index contributed by atoms with van der Waals surface area (Å²) in [6.45, 7) is -0.488. The van der Waals surface area contributed by atoms with Crippen LogP contribution < -0.4 is 5.32 Å². The lowest BCUT2D eigenvalue weighted by Gasteiger charge is -2.08. The summed E-state index contributed by atoms with van der Waals surface area (Å²) in [6, 6.07) is 4.43. The van der Waals surface area contributed by atoms with Gasteiger partial charge in [-0.05, 0) is 23.8 Å². The minimum absolute atomic E-state index is 0.123. The third kappa shape index (κ3) is 4.34. The number of carbonyl (C=O) groups excluding carboxylic acids is 1. The molecule has 1 amide bonds. The van der Waals surface area contributed by atoms with Crippen molar-refractivity contribution >= 4 is 11.7 Å². The van der Waals surface area contributed by atoms with Crippen LogP contribution in [0.2, 0.25) is 0 Å². The van der Waals surface area contributed by atoms with Crippen LogP contribution >= 0.6 is 0 Å². The van der Waals surface area contributed by atoms with Crippen LogP contribution in [-0.4, -0.2) is 25.5 Å². The fourth-order valence-corrected chi connectivity index (χ4v) is 2.50. The highest BCUT2D eigenvalue weighted by Crippen LogP contribution is 2.23. The highest BCUT2D eigenvalue weighted by molar-refractivity contribution is 6.03. The average molecular weight is 394 g/mol. The Morgan fingerprint density at radius 2 is 1.96 bits per heavy atom. The second-order valence-corrected chi connectivity index (χ2v) is 5.85. The Morgan fingerprint density at radius 3 is 2.64 bits per heavy atom. The highest BCUT2D eigenvalue weighted by Gasteiger charge is 2.18. The number of aromatic nitrogens is 3. The Bertz CT molecular complexity index is 1010. The Kier molecular flexibility index (Phi) is 5.69. The molecule has 0 atom stereocenters. The largest absolute Gasteiger partial charge is 0.390 e. The van der Waals surface area contributed by atoms with E-state index >= 15 is 0 Å². The van der Waals surface area contributed by atoms with Crippen LogP contribution in [0, 0.1) is 11.6 Å². The van der Waals surface area contributed by atoms with Gasteiger partial charge in [0, 0.05) is 24.5 Å². The van der Waals surface area contributed by atoms with Gasteiger partial charge in [0.1, 0.15) is 0 Å². The Labute approximate surface area is 156 Å². The van der Waals surface area contributed by atoms with Crippen molar-refractivity contribution < 1.29 is 27.5 Å². The molecule has 2 heterocycles. The molecule has 2 N–H and O–H groups in total. The maximum absolute atomic E-state index is 13.3. The van der Waals surface area contributed by atoms with Gasteiger partial charge in [0.25, 0.3) is 12.3 Å². The summed E-state index contributed by atoms with van der Waals surface area (Å²) in [6.07, 6.45) is 1.00. The van der Waals surface area contributed by atoms with Gasteiger partial charge < -0.3 is 15.0 Å².